The number of unbranched alkanes of at least 4 members (excludes halogenated alkanes) is 1. The molecule has 0 aliphatic heterocycles. The maximum absolute atomic E-state index is 9.76. The molecule has 0 saturated carbocycles. The molecule has 1 amide bonds. The summed E-state index contributed by atoms with van der Waals surface area (Å²) in [5.74, 6) is -0.762. The molecule has 6 heteroatoms. The number of hydrogen-bond acceptors (Lipinski definition) is 3. The van der Waals surface area contributed by atoms with Crippen LogP contribution in [0.5, 0.6) is 0 Å². The molecule has 0 rings (SSSR count). The van der Waals surface area contributed by atoms with Crippen molar-refractivity contribution in [2.75, 3.05) is 6.61 Å². The minimum absolute atomic E-state index is 0.508. The second-order valence-corrected chi connectivity index (χ2v) is 2.71. The van der Waals surface area contributed by atoms with Gasteiger partial charge in [-0.2, -0.15) is 0 Å². The minimum atomic E-state index is -2.68. The molecule has 1 unspecified atom stereocenters. The Balaban J connectivity index is 0. The van der Waals surface area contributed by atoms with Gasteiger partial charge in [-0.05, 0) is 0 Å². The molecule has 0 fully saturated rings. The van der Waals surface area contributed by atoms with Crippen molar-refractivity contribution in [2.45, 2.75) is 26.7 Å². The van der Waals surface area contributed by atoms with Crippen LogP contribution in [0, 0.1) is 0 Å². The van der Waals surface area contributed by atoms with Crippen LogP contribution in [-0.2, 0) is 13.9 Å². The lowest BCUT2D eigenvalue weighted by molar-refractivity contribution is -0.120. The quantitative estimate of drug-likeness (QED) is 0.655. The van der Waals surface area contributed by atoms with Gasteiger partial charge in [0.2, 0.25) is 5.91 Å². The van der Waals surface area contributed by atoms with E-state index in [2.05, 4.69) is 24.1 Å². The molecule has 0 aromatic rings. The highest BCUT2D eigenvalue weighted by Gasteiger charge is 2.12. The average Bonchev–Trinajstić information content (AvgIpc) is 2.01. The molecule has 12 heavy (non-hydrogen) atoms. The van der Waals surface area contributed by atoms with Crippen LogP contribution in [0.1, 0.15) is 26.7 Å². The summed E-state index contributed by atoms with van der Waals surface area (Å²) < 4.78 is 13.5. The largest absolute Gasteiger partial charge is 0.695 e. The Hall–Kier alpha value is -0.510. The monoisotopic (exact) mass is 196 g/mol. The number of amides is 1. The first-order valence-electron chi connectivity index (χ1n) is 3.61. The van der Waals surface area contributed by atoms with Gasteiger partial charge < -0.3 is 5.73 Å². The van der Waals surface area contributed by atoms with Gasteiger partial charge in [0.15, 0.2) is 6.61 Å². The van der Waals surface area contributed by atoms with Crippen molar-refractivity contribution in [1.82, 2.24) is 0 Å². The van der Waals surface area contributed by atoms with E-state index in [9.17, 15) is 9.36 Å². The minimum Gasteiger partial charge on any atom is -0.368 e. The standard InChI is InChI=1S/C4H10.C2H4NO4P/c1-3-4-2;3-2(4)1-7-8(5)6/h3-4H2,1-2H3;1H2,(H2-,3,4,5,6)/p+1. The molecule has 0 saturated heterocycles. The van der Waals surface area contributed by atoms with Crippen molar-refractivity contribution in [3.8, 4) is 0 Å². The summed E-state index contributed by atoms with van der Waals surface area (Å²) in [6.45, 7) is 3.85. The molecule has 0 radical (unpaired) electrons. The van der Waals surface area contributed by atoms with E-state index in [0.29, 0.717) is 0 Å². The highest BCUT2D eigenvalue weighted by atomic mass is 31.1. The van der Waals surface area contributed by atoms with E-state index in [1.807, 2.05) is 0 Å². The van der Waals surface area contributed by atoms with E-state index < -0.39 is 20.8 Å². The lowest BCUT2D eigenvalue weighted by Gasteiger charge is -1.78. The topological polar surface area (TPSA) is 89.6 Å². The first-order chi connectivity index (χ1) is 5.54. The Labute approximate surface area is 72.9 Å². The van der Waals surface area contributed by atoms with Gasteiger partial charge in [0.25, 0.3) is 0 Å². The molecular weight excluding hydrogens is 181 g/mol. The first kappa shape index (κ1) is 14.0. The van der Waals surface area contributed by atoms with E-state index in [0.717, 1.165) is 0 Å². The molecule has 5 nitrogen and oxygen atoms in total. The molecule has 0 spiro atoms. The van der Waals surface area contributed by atoms with Crippen molar-refractivity contribution in [1.29, 1.82) is 0 Å². The molecule has 0 aliphatic rings. The summed E-state index contributed by atoms with van der Waals surface area (Å²) in [6, 6.07) is 0. The molecule has 0 aromatic heterocycles. The van der Waals surface area contributed by atoms with Crippen LogP contribution in [-0.4, -0.2) is 17.4 Å². The van der Waals surface area contributed by atoms with Gasteiger partial charge in [-0.15, -0.1) is 9.42 Å². The number of rotatable bonds is 4. The summed E-state index contributed by atoms with van der Waals surface area (Å²) >= 11 is 0. The third kappa shape index (κ3) is 22.7. The third-order valence-corrected chi connectivity index (χ3v) is 1.17. The lowest BCUT2D eigenvalue weighted by atomic mass is 10.4. The van der Waals surface area contributed by atoms with Gasteiger partial charge in [-0.3, -0.25) is 4.79 Å². The van der Waals surface area contributed by atoms with E-state index in [1.165, 1.54) is 12.8 Å². The predicted molar refractivity (Wildman–Crippen MR) is 45.6 cm³/mol. The van der Waals surface area contributed by atoms with Crippen LogP contribution in [0.25, 0.3) is 0 Å². The summed E-state index contributed by atoms with van der Waals surface area (Å²) in [7, 11) is -2.68. The summed E-state index contributed by atoms with van der Waals surface area (Å²) in [5, 5.41) is 0. The molecule has 3 N–H and O–H groups in total. The highest BCUT2D eigenvalue weighted by molar-refractivity contribution is 7.32. The van der Waals surface area contributed by atoms with Gasteiger partial charge in [0, 0.05) is 4.57 Å². The van der Waals surface area contributed by atoms with Gasteiger partial charge in [-0.25, -0.2) is 0 Å². The molecule has 1 atom stereocenters. The molecule has 72 valence electrons. The van der Waals surface area contributed by atoms with Crippen LogP contribution >= 0.6 is 8.25 Å². The fourth-order valence-electron chi connectivity index (χ4n) is 0.119. The van der Waals surface area contributed by atoms with Crippen LogP contribution in [0.4, 0.5) is 0 Å². The SMILES string of the molecule is CCCC.NC(=O)CO[P+](=O)O. The summed E-state index contributed by atoms with van der Waals surface area (Å²) in [5.41, 5.74) is 4.54. The fraction of sp³-hybridized carbons (Fsp3) is 0.833. The Kier molecular flexibility index (Phi) is 12.3. The van der Waals surface area contributed by atoms with Crippen LogP contribution < -0.4 is 5.73 Å². The first-order valence-corrected chi connectivity index (χ1v) is 4.74. The Morgan fingerprint density at radius 1 is 1.50 bits per heavy atom. The zero-order valence-electron chi connectivity index (χ0n) is 7.32. The Morgan fingerprint density at radius 2 is 1.92 bits per heavy atom. The average molecular weight is 196 g/mol. The van der Waals surface area contributed by atoms with Crippen molar-refractivity contribution in [3.05, 3.63) is 0 Å². The number of hydrogen-bond donors (Lipinski definition) is 2. The smallest absolute Gasteiger partial charge is 0.368 e. The Morgan fingerprint density at radius 3 is 2.00 bits per heavy atom. The Bertz CT molecular complexity index is 124. The molecule has 0 aliphatic carbocycles. The molecular formula is C6H15NO4P+. The van der Waals surface area contributed by atoms with Crippen molar-refractivity contribution >= 4 is 14.2 Å². The highest BCUT2D eigenvalue weighted by Crippen LogP contribution is 2.12. The zero-order chi connectivity index (χ0) is 9.98. The molecule has 0 heterocycles. The van der Waals surface area contributed by atoms with E-state index in [-0.39, 0.29) is 0 Å². The van der Waals surface area contributed by atoms with Crippen LogP contribution in [0.3, 0.4) is 0 Å². The molecule has 0 bridgehead atoms. The summed E-state index contributed by atoms with van der Waals surface area (Å²) in [4.78, 5) is 17.6. The summed E-state index contributed by atoms with van der Waals surface area (Å²) in [6.07, 6.45) is 2.64. The van der Waals surface area contributed by atoms with Gasteiger partial charge in [0.05, 0.1) is 0 Å². The lowest BCUT2D eigenvalue weighted by Crippen LogP contribution is -2.15. The zero-order valence-corrected chi connectivity index (χ0v) is 8.21. The van der Waals surface area contributed by atoms with Crippen molar-refractivity contribution in [2.24, 2.45) is 5.73 Å². The second kappa shape index (κ2) is 10.5. The van der Waals surface area contributed by atoms with Crippen molar-refractivity contribution in [3.63, 3.8) is 0 Å². The maximum Gasteiger partial charge on any atom is 0.695 e. The fourth-order valence-corrected chi connectivity index (χ4v) is 0.357. The van der Waals surface area contributed by atoms with Crippen molar-refractivity contribution < 1.29 is 18.8 Å². The third-order valence-electron chi connectivity index (χ3n) is 0.817. The number of primary amides is 1. The van der Waals surface area contributed by atoms with E-state index in [1.54, 1.807) is 0 Å². The number of nitrogens with two attached hydrogens (primary N) is 1. The van der Waals surface area contributed by atoms with Crippen LogP contribution in [0.2, 0.25) is 0 Å². The second-order valence-electron chi connectivity index (χ2n) is 1.98. The normalized spacial score (nSPS) is 9.75. The van der Waals surface area contributed by atoms with Gasteiger partial charge in [-0.1, -0.05) is 26.7 Å². The van der Waals surface area contributed by atoms with E-state index in [4.69, 9.17) is 4.89 Å². The van der Waals surface area contributed by atoms with Gasteiger partial charge in [0.1, 0.15) is 0 Å². The van der Waals surface area contributed by atoms with Crippen LogP contribution in [0.15, 0.2) is 0 Å². The van der Waals surface area contributed by atoms with E-state index >= 15 is 0 Å². The number of carbonyl (C=O) groups excluding carboxylic acids is 1. The molecule has 0 aromatic carbocycles. The predicted octanol–water partition coefficient (Wildman–Crippen LogP) is 0.944. The van der Waals surface area contributed by atoms with Gasteiger partial charge >= 0.3 is 8.25 Å². The number of carbonyl (C=O) groups is 1. The maximum atomic E-state index is 9.76.